The van der Waals surface area contributed by atoms with Crippen LogP contribution in [0.4, 0.5) is 0 Å². The molecule has 0 aliphatic heterocycles. The number of rotatable bonds is 5. The fourth-order valence-corrected chi connectivity index (χ4v) is 7.73. The number of benzene rings is 1. The van der Waals surface area contributed by atoms with Crippen molar-refractivity contribution in [3.8, 4) is 5.69 Å². The van der Waals surface area contributed by atoms with Crippen LogP contribution in [0.15, 0.2) is 53.8 Å². The molecule has 0 atom stereocenters. The SMILES string of the molecule is Cc1cc(C=NNC(=O)c2cccnc2Cl)c(C)n1-c1ccc(C23CC4CC(CC(C4)C2)C3)cc1. The van der Waals surface area contributed by atoms with Crippen LogP contribution in [-0.4, -0.2) is 21.7 Å². The molecule has 180 valence electrons. The third kappa shape index (κ3) is 4.00. The van der Waals surface area contributed by atoms with Crippen molar-refractivity contribution in [2.24, 2.45) is 22.9 Å². The molecule has 0 spiro atoms. The number of carbonyl (C=O) groups excluding carboxylic acids is 1. The van der Waals surface area contributed by atoms with Gasteiger partial charge in [-0.1, -0.05) is 23.7 Å². The molecule has 4 bridgehead atoms. The van der Waals surface area contributed by atoms with Gasteiger partial charge in [-0.05, 0) is 111 Å². The Balaban J connectivity index is 1.20. The van der Waals surface area contributed by atoms with Crippen LogP contribution in [0, 0.1) is 31.6 Å². The summed E-state index contributed by atoms with van der Waals surface area (Å²) in [6, 6.07) is 14.7. The lowest BCUT2D eigenvalue weighted by Crippen LogP contribution is -2.48. The highest BCUT2D eigenvalue weighted by molar-refractivity contribution is 6.32. The molecule has 4 aliphatic carbocycles. The lowest BCUT2D eigenvalue weighted by molar-refractivity contribution is -0.00518. The van der Waals surface area contributed by atoms with Crippen LogP contribution in [0.5, 0.6) is 0 Å². The molecule has 7 rings (SSSR count). The van der Waals surface area contributed by atoms with Crippen LogP contribution in [0.25, 0.3) is 5.69 Å². The molecule has 6 heteroatoms. The molecule has 1 aromatic carbocycles. The quantitative estimate of drug-likeness (QED) is 0.258. The zero-order valence-electron chi connectivity index (χ0n) is 20.3. The van der Waals surface area contributed by atoms with Crippen molar-refractivity contribution < 1.29 is 4.79 Å². The number of hydrogen-bond donors (Lipinski definition) is 1. The van der Waals surface area contributed by atoms with E-state index in [0.717, 1.165) is 34.7 Å². The number of aromatic nitrogens is 2. The van der Waals surface area contributed by atoms with Gasteiger partial charge in [0, 0.05) is 28.8 Å². The van der Waals surface area contributed by atoms with Crippen molar-refractivity contribution in [3.63, 3.8) is 0 Å². The zero-order valence-corrected chi connectivity index (χ0v) is 21.1. The number of aryl methyl sites for hydroxylation is 1. The maximum absolute atomic E-state index is 12.3. The molecule has 1 N–H and O–H groups in total. The molecule has 1 amide bonds. The van der Waals surface area contributed by atoms with Crippen molar-refractivity contribution in [1.82, 2.24) is 15.0 Å². The number of pyridine rings is 1. The highest BCUT2D eigenvalue weighted by Gasteiger charge is 2.51. The van der Waals surface area contributed by atoms with Crippen molar-refractivity contribution in [2.45, 2.75) is 57.8 Å². The van der Waals surface area contributed by atoms with Crippen molar-refractivity contribution in [1.29, 1.82) is 0 Å². The normalized spacial score (nSPS) is 27.0. The summed E-state index contributed by atoms with van der Waals surface area (Å²) in [5.74, 6) is 2.47. The summed E-state index contributed by atoms with van der Waals surface area (Å²) in [5.41, 5.74) is 9.16. The Morgan fingerprint density at radius 1 is 1.09 bits per heavy atom. The number of carbonyl (C=O) groups is 1. The molecule has 4 saturated carbocycles. The molecular weight excluding hydrogens is 456 g/mol. The van der Waals surface area contributed by atoms with E-state index in [1.54, 1.807) is 30.1 Å². The topological polar surface area (TPSA) is 59.3 Å². The summed E-state index contributed by atoms with van der Waals surface area (Å²) in [7, 11) is 0. The van der Waals surface area contributed by atoms with Crippen LogP contribution in [0.3, 0.4) is 0 Å². The average molecular weight is 487 g/mol. The second-order valence-electron chi connectivity index (χ2n) is 10.9. The van der Waals surface area contributed by atoms with E-state index < -0.39 is 0 Å². The van der Waals surface area contributed by atoms with E-state index in [1.807, 2.05) is 0 Å². The number of nitrogens with one attached hydrogen (secondary N) is 1. The molecule has 0 radical (unpaired) electrons. The minimum atomic E-state index is -0.381. The Morgan fingerprint density at radius 2 is 1.74 bits per heavy atom. The van der Waals surface area contributed by atoms with Gasteiger partial charge in [0.25, 0.3) is 5.91 Å². The number of hydrazone groups is 1. The highest BCUT2D eigenvalue weighted by Crippen LogP contribution is 2.60. The molecular formula is C29H31ClN4O. The van der Waals surface area contributed by atoms with Gasteiger partial charge in [-0.25, -0.2) is 10.4 Å². The Hall–Kier alpha value is -2.92. The van der Waals surface area contributed by atoms with Crippen molar-refractivity contribution in [3.05, 3.63) is 81.9 Å². The summed E-state index contributed by atoms with van der Waals surface area (Å²) >= 11 is 6.00. The van der Waals surface area contributed by atoms with E-state index in [-0.39, 0.29) is 11.1 Å². The Morgan fingerprint density at radius 3 is 2.37 bits per heavy atom. The predicted molar refractivity (Wildman–Crippen MR) is 139 cm³/mol. The van der Waals surface area contributed by atoms with Gasteiger partial charge >= 0.3 is 0 Å². The third-order valence-electron chi connectivity index (χ3n) is 8.62. The second kappa shape index (κ2) is 8.63. The van der Waals surface area contributed by atoms with Crippen molar-refractivity contribution in [2.75, 3.05) is 0 Å². The van der Waals surface area contributed by atoms with E-state index in [2.05, 4.69) is 64.3 Å². The lowest BCUT2D eigenvalue weighted by atomic mass is 9.48. The predicted octanol–water partition coefficient (Wildman–Crippen LogP) is 6.37. The maximum atomic E-state index is 12.3. The largest absolute Gasteiger partial charge is 0.318 e. The number of halogens is 1. The Labute approximate surface area is 211 Å². The second-order valence-corrected chi connectivity index (χ2v) is 11.3. The first kappa shape index (κ1) is 22.5. The summed E-state index contributed by atoms with van der Waals surface area (Å²) in [6.45, 7) is 4.19. The number of nitrogens with zero attached hydrogens (tertiary/aromatic N) is 3. The van der Waals surface area contributed by atoms with E-state index in [9.17, 15) is 4.79 Å². The maximum Gasteiger partial charge on any atom is 0.274 e. The summed E-state index contributed by atoms with van der Waals surface area (Å²) < 4.78 is 2.25. The van der Waals surface area contributed by atoms with Gasteiger partial charge in [0.15, 0.2) is 0 Å². The molecule has 2 heterocycles. The molecule has 35 heavy (non-hydrogen) atoms. The number of hydrogen-bond acceptors (Lipinski definition) is 3. The van der Waals surface area contributed by atoms with Gasteiger partial charge in [0.1, 0.15) is 5.15 Å². The smallest absolute Gasteiger partial charge is 0.274 e. The molecule has 0 saturated heterocycles. The van der Waals surface area contributed by atoms with Crippen molar-refractivity contribution >= 4 is 23.7 Å². The first-order valence-corrected chi connectivity index (χ1v) is 13.0. The average Bonchev–Trinajstić information content (AvgIpc) is 3.11. The van der Waals surface area contributed by atoms with E-state index in [4.69, 9.17) is 11.6 Å². The molecule has 0 unspecified atom stereocenters. The highest BCUT2D eigenvalue weighted by atomic mass is 35.5. The van der Waals surface area contributed by atoms with Crippen LogP contribution in [-0.2, 0) is 5.41 Å². The first-order valence-electron chi connectivity index (χ1n) is 12.7. The van der Waals surface area contributed by atoms with Gasteiger partial charge in [0.2, 0.25) is 0 Å². The van der Waals surface area contributed by atoms with Crippen LogP contribution in [0.1, 0.15) is 71.4 Å². The summed E-state index contributed by atoms with van der Waals surface area (Å²) in [5, 5.41) is 4.33. The van der Waals surface area contributed by atoms with E-state index in [0.29, 0.717) is 11.0 Å². The molecule has 2 aromatic heterocycles. The fraction of sp³-hybridized carbons (Fsp3) is 0.414. The van der Waals surface area contributed by atoms with Crippen LogP contribution < -0.4 is 5.43 Å². The molecule has 4 fully saturated rings. The minimum absolute atomic E-state index is 0.162. The van der Waals surface area contributed by atoms with E-state index in [1.165, 1.54) is 44.2 Å². The molecule has 5 nitrogen and oxygen atoms in total. The van der Waals surface area contributed by atoms with Gasteiger partial charge in [-0.3, -0.25) is 4.79 Å². The third-order valence-corrected chi connectivity index (χ3v) is 8.92. The fourth-order valence-electron chi connectivity index (χ4n) is 7.52. The molecule has 3 aromatic rings. The van der Waals surface area contributed by atoms with E-state index >= 15 is 0 Å². The zero-order chi connectivity index (χ0) is 24.2. The Kier molecular flexibility index (Phi) is 5.56. The summed E-state index contributed by atoms with van der Waals surface area (Å²) in [6.07, 6.45) is 11.8. The first-order chi connectivity index (χ1) is 16.9. The number of amides is 1. The van der Waals surface area contributed by atoms with Gasteiger partial charge in [0.05, 0.1) is 11.8 Å². The van der Waals surface area contributed by atoms with Gasteiger partial charge in [-0.2, -0.15) is 5.10 Å². The van der Waals surface area contributed by atoms with Crippen LogP contribution >= 0.6 is 11.6 Å². The minimum Gasteiger partial charge on any atom is -0.318 e. The standard InChI is InChI=1S/C29H31ClN4O/c1-18-10-23(17-32-33-28(35)26-4-3-9-31-27(26)30)19(2)34(18)25-7-5-24(6-8-25)29-14-20-11-21(15-29)13-22(12-20)16-29/h3-10,17,20-22H,11-16H2,1-2H3,(H,33,35). The Bertz CT molecular complexity index is 1270. The molecule has 4 aliphatic rings. The lowest BCUT2D eigenvalue weighted by Gasteiger charge is -2.57. The van der Waals surface area contributed by atoms with Gasteiger partial charge in [-0.15, -0.1) is 0 Å². The van der Waals surface area contributed by atoms with Gasteiger partial charge < -0.3 is 4.57 Å². The van der Waals surface area contributed by atoms with Crippen LogP contribution in [0.2, 0.25) is 5.15 Å². The summed E-state index contributed by atoms with van der Waals surface area (Å²) in [4.78, 5) is 16.3. The monoisotopic (exact) mass is 486 g/mol.